The van der Waals surface area contributed by atoms with Crippen LogP contribution in [0.4, 0.5) is 5.69 Å². The van der Waals surface area contributed by atoms with E-state index in [1.54, 1.807) is 19.1 Å². The smallest absolute Gasteiger partial charge is 0.280 e. The van der Waals surface area contributed by atoms with E-state index in [-0.39, 0.29) is 35.2 Å². The lowest BCUT2D eigenvalue weighted by molar-refractivity contribution is -0.384. The van der Waals surface area contributed by atoms with E-state index in [0.29, 0.717) is 6.42 Å². The maximum absolute atomic E-state index is 11.3. The third kappa shape index (κ3) is 2.82. The molecule has 0 N–H and O–H groups in total. The Kier molecular flexibility index (Phi) is 3.65. The Morgan fingerprint density at radius 1 is 1.42 bits per heavy atom. The Morgan fingerprint density at radius 3 is 2.84 bits per heavy atom. The quantitative estimate of drug-likeness (QED) is 0.604. The third-order valence-corrected chi connectivity index (χ3v) is 2.55. The van der Waals surface area contributed by atoms with E-state index in [4.69, 9.17) is 4.52 Å². The number of carbonyl (C=O) groups excluding carboxylic acids is 1. The van der Waals surface area contributed by atoms with Gasteiger partial charge in [-0.15, -0.1) is 0 Å². The Hall–Kier alpha value is -2.57. The molecule has 7 nitrogen and oxygen atoms in total. The summed E-state index contributed by atoms with van der Waals surface area (Å²) in [4.78, 5) is 25.7. The first-order valence-corrected chi connectivity index (χ1v) is 5.70. The molecule has 0 spiro atoms. The molecule has 0 aliphatic rings. The molecule has 0 unspecified atom stereocenters. The predicted molar refractivity (Wildman–Crippen MR) is 65.4 cm³/mol. The van der Waals surface area contributed by atoms with Crippen molar-refractivity contribution in [3.05, 3.63) is 40.3 Å². The molecular formula is C12H11N3O4. The van der Waals surface area contributed by atoms with Crippen molar-refractivity contribution in [3.8, 4) is 11.4 Å². The van der Waals surface area contributed by atoms with Crippen molar-refractivity contribution in [3.63, 3.8) is 0 Å². The van der Waals surface area contributed by atoms with E-state index in [1.807, 2.05) is 0 Å². The van der Waals surface area contributed by atoms with Crippen molar-refractivity contribution in [1.29, 1.82) is 0 Å². The molecule has 0 bridgehead atoms. The van der Waals surface area contributed by atoms with Crippen LogP contribution < -0.4 is 0 Å². The van der Waals surface area contributed by atoms with E-state index in [2.05, 4.69) is 10.1 Å². The number of rotatable bonds is 5. The van der Waals surface area contributed by atoms with Crippen LogP contribution >= 0.6 is 0 Å². The number of aromatic nitrogens is 2. The zero-order valence-electron chi connectivity index (χ0n) is 10.2. The first-order chi connectivity index (χ1) is 9.11. The van der Waals surface area contributed by atoms with Gasteiger partial charge in [0.15, 0.2) is 0 Å². The van der Waals surface area contributed by atoms with Gasteiger partial charge >= 0.3 is 0 Å². The highest BCUT2D eigenvalue weighted by Gasteiger charge is 2.19. The SMILES string of the molecule is CCC(=O)Cc1nc(-c2ccccc2[N+](=O)[O-])no1. The van der Waals surface area contributed by atoms with Crippen molar-refractivity contribution < 1.29 is 14.2 Å². The van der Waals surface area contributed by atoms with Gasteiger partial charge in [-0.1, -0.05) is 24.2 Å². The van der Waals surface area contributed by atoms with Crippen LogP contribution in [0.5, 0.6) is 0 Å². The van der Waals surface area contributed by atoms with Gasteiger partial charge in [0.1, 0.15) is 11.3 Å². The minimum atomic E-state index is -0.511. The summed E-state index contributed by atoms with van der Waals surface area (Å²) in [6.45, 7) is 1.74. The van der Waals surface area contributed by atoms with Crippen molar-refractivity contribution in [2.24, 2.45) is 0 Å². The van der Waals surface area contributed by atoms with Gasteiger partial charge in [0.2, 0.25) is 11.7 Å². The molecular weight excluding hydrogens is 250 g/mol. The van der Waals surface area contributed by atoms with Crippen LogP contribution in [0.2, 0.25) is 0 Å². The van der Waals surface area contributed by atoms with Gasteiger partial charge < -0.3 is 4.52 Å². The number of carbonyl (C=O) groups is 1. The molecule has 0 radical (unpaired) electrons. The zero-order valence-corrected chi connectivity index (χ0v) is 10.2. The number of nitrogens with zero attached hydrogens (tertiary/aromatic N) is 3. The highest BCUT2D eigenvalue weighted by atomic mass is 16.6. The maximum atomic E-state index is 11.3. The minimum absolute atomic E-state index is 0.0299. The number of para-hydroxylation sites is 1. The lowest BCUT2D eigenvalue weighted by Gasteiger charge is -1.96. The highest BCUT2D eigenvalue weighted by molar-refractivity contribution is 5.79. The largest absolute Gasteiger partial charge is 0.338 e. The second kappa shape index (κ2) is 5.38. The molecule has 2 rings (SSSR count). The topological polar surface area (TPSA) is 99.1 Å². The van der Waals surface area contributed by atoms with Gasteiger partial charge in [-0.05, 0) is 6.07 Å². The molecule has 0 saturated carbocycles. The summed E-state index contributed by atoms with van der Waals surface area (Å²) in [7, 11) is 0. The number of hydrogen-bond donors (Lipinski definition) is 0. The molecule has 1 aromatic heterocycles. The molecule has 0 amide bonds. The number of nitro benzene ring substituents is 1. The molecule has 7 heteroatoms. The fourth-order valence-electron chi connectivity index (χ4n) is 1.55. The number of hydrogen-bond acceptors (Lipinski definition) is 6. The number of nitro groups is 1. The molecule has 19 heavy (non-hydrogen) atoms. The summed E-state index contributed by atoms with van der Waals surface area (Å²) in [5.41, 5.74) is 0.170. The zero-order chi connectivity index (χ0) is 13.8. The molecule has 98 valence electrons. The maximum Gasteiger partial charge on any atom is 0.280 e. The van der Waals surface area contributed by atoms with Crippen molar-refractivity contribution in [1.82, 2.24) is 10.1 Å². The highest BCUT2D eigenvalue weighted by Crippen LogP contribution is 2.27. The second-order valence-corrected chi connectivity index (χ2v) is 3.85. The number of benzene rings is 1. The lowest BCUT2D eigenvalue weighted by Crippen LogP contribution is -2.00. The van der Waals surface area contributed by atoms with E-state index >= 15 is 0 Å². The fraction of sp³-hybridized carbons (Fsp3) is 0.250. The number of ketones is 1. The molecule has 1 heterocycles. The van der Waals surface area contributed by atoms with Crippen LogP contribution in [0.25, 0.3) is 11.4 Å². The molecule has 0 aliphatic carbocycles. The first-order valence-electron chi connectivity index (χ1n) is 5.70. The third-order valence-electron chi connectivity index (χ3n) is 2.55. The van der Waals surface area contributed by atoms with E-state index < -0.39 is 4.92 Å². The van der Waals surface area contributed by atoms with Gasteiger partial charge in [0.05, 0.1) is 11.3 Å². The monoisotopic (exact) mass is 261 g/mol. The first kappa shape index (κ1) is 12.9. The standard InChI is InChI=1S/C12H11N3O4/c1-2-8(16)7-11-13-12(14-19-11)9-5-3-4-6-10(9)15(17)18/h3-6H,2,7H2,1H3. The average Bonchev–Trinajstić information content (AvgIpc) is 2.86. The van der Waals surface area contributed by atoms with Crippen LogP contribution in [0, 0.1) is 10.1 Å². The number of Topliss-reactive ketones (excluding diaryl/α,β-unsaturated/α-hetero) is 1. The molecule has 0 atom stereocenters. The molecule has 0 saturated heterocycles. The molecule has 1 aromatic carbocycles. The summed E-state index contributed by atoms with van der Waals surface area (Å²) in [5, 5.41) is 14.6. The van der Waals surface area contributed by atoms with Crippen LogP contribution in [-0.4, -0.2) is 20.8 Å². The van der Waals surface area contributed by atoms with Crippen molar-refractivity contribution in [2.75, 3.05) is 0 Å². The van der Waals surface area contributed by atoms with Crippen molar-refractivity contribution >= 4 is 11.5 Å². The summed E-state index contributed by atoms with van der Waals surface area (Å²) >= 11 is 0. The van der Waals surface area contributed by atoms with Crippen LogP contribution in [0.1, 0.15) is 19.2 Å². The summed E-state index contributed by atoms with van der Waals surface area (Å²) < 4.78 is 4.92. The Labute approximate surface area is 108 Å². The molecule has 0 fully saturated rings. The van der Waals surface area contributed by atoms with Gasteiger partial charge in [-0.3, -0.25) is 14.9 Å². The second-order valence-electron chi connectivity index (χ2n) is 3.85. The van der Waals surface area contributed by atoms with Crippen LogP contribution in [-0.2, 0) is 11.2 Å². The van der Waals surface area contributed by atoms with Crippen LogP contribution in [0.15, 0.2) is 28.8 Å². The summed E-state index contributed by atoms with van der Waals surface area (Å²) in [6, 6.07) is 6.11. The van der Waals surface area contributed by atoms with Gasteiger partial charge in [0, 0.05) is 12.5 Å². The van der Waals surface area contributed by atoms with Crippen molar-refractivity contribution in [2.45, 2.75) is 19.8 Å². The van der Waals surface area contributed by atoms with Crippen LogP contribution in [0.3, 0.4) is 0 Å². The Morgan fingerprint density at radius 2 is 2.16 bits per heavy atom. The molecule has 2 aromatic rings. The minimum Gasteiger partial charge on any atom is -0.338 e. The van der Waals surface area contributed by atoms with E-state index in [1.165, 1.54) is 12.1 Å². The molecule has 0 aliphatic heterocycles. The van der Waals surface area contributed by atoms with Gasteiger partial charge in [-0.25, -0.2) is 0 Å². The van der Waals surface area contributed by atoms with E-state index in [0.717, 1.165) is 0 Å². The normalized spacial score (nSPS) is 10.4. The summed E-state index contributed by atoms with van der Waals surface area (Å²) in [5.74, 6) is 0.254. The van der Waals surface area contributed by atoms with Gasteiger partial charge in [-0.2, -0.15) is 4.98 Å². The average molecular weight is 261 g/mol. The Bertz CT molecular complexity index is 621. The lowest BCUT2D eigenvalue weighted by atomic mass is 10.1. The summed E-state index contributed by atoms with van der Waals surface area (Å²) in [6.07, 6.45) is 0.424. The van der Waals surface area contributed by atoms with E-state index in [9.17, 15) is 14.9 Å². The Balaban J connectivity index is 2.33. The predicted octanol–water partition coefficient (Wildman–Crippen LogP) is 2.17. The van der Waals surface area contributed by atoms with Gasteiger partial charge in [0.25, 0.3) is 5.69 Å². The fourth-order valence-corrected chi connectivity index (χ4v) is 1.55.